The van der Waals surface area contributed by atoms with Crippen molar-refractivity contribution >= 4 is 131 Å². The molecule has 0 aliphatic carbocycles. The number of rotatable bonds is 8. The molecule has 0 unspecified atom stereocenters. The summed E-state index contributed by atoms with van der Waals surface area (Å²) in [6, 6.07) is 104. The largest absolute Gasteiger partial charge is 0.309 e. The molecule has 6 aromatic heterocycles. The van der Waals surface area contributed by atoms with Crippen molar-refractivity contribution in [1.29, 1.82) is 0 Å². The molecule has 11 nitrogen and oxygen atoms in total. The van der Waals surface area contributed by atoms with E-state index in [0.29, 0.717) is 32.9 Å². The minimum absolute atomic E-state index is 0.203. The molecule has 0 N–H and O–H groups in total. The Bertz CT molecular complexity index is 6940. The molecule has 12 heteroatoms. The van der Waals surface area contributed by atoms with E-state index in [1.54, 1.807) is 42.0 Å². The van der Waals surface area contributed by atoms with Crippen LogP contribution in [0.25, 0.3) is 163 Å². The summed E-state index contributed by atoms with van der Waals surface area (Å²) in [6.07, 6.45) is 3.24. The zero-order chi connectivity index (χ0) is 68.1. The van der Waals surface area contributed by atoms with E-state index in [4.69, 9.17) is 4.98 Å². The number of hydrogen-bond acceptors (Lipinski definition) is 8. The van der Waals surface area contributed by atoms with E-state index in [-0.39, 0.29) is 28.4 Å². The van der Waals surface area contributed by atoms with E-state index >= 15 is 9.59 Å². The van der Waals surface area contributed by atoms with Gasteiger partial charge >= 0.3 is 0 Å². The van der Waals surface area contributed by atoms with Gasteiger partial charge in [0.2, 0.25) is 0 Å². The molecule has 102 heavy (non-hydrogen) atoms. The van der Waals surface area contributed by atoms with Crippen molar-refractivity contribution in [2.24, 2.45) is 9.98 Å². The van der Waals surface area contributed by atoms with Crippen LogP contribution in [0.2, 0.25) is 0 Å². The van der Waals surface area contributed by atoms with Gasteiger partial charge < -0.3 is 9.13 Å². The third-order valence-corrected chi connectivity index (χ3v) is 20.9. The Balaban J connectivity index is 0.000000153. The Hall–Kier alpha value is -13.6. The first kappa shape index (κ1) is 59.7. The average molecular weight is 1330 g/mol. The topological polar surface area (TPSA) is 126 Å². The smallest absolute Gasteiger partial charge is 0.266 e. The van der Waals surface area contributed by atoms with E-state index in [1.165, 1.54) is 9.13 Å². The maximum atomic E-state index is 15.6. The second kappa shape index (κ2) is 24.2. The molecule has 480 valence electrons. The van der Waals surface area contributed by atoms with Gasteiger partial charge in [0.05, 0.1) is 50.2 Å². The Morgan fingerprint density at radius 2 is 0.725 bits per heavy atom. The second-order valence-corrected chi connectivity index (χ2v) is 26.7. The first-order valence-electron chi connectivity index (χ1n) is 33.7. The molecule has 7 heterocycles. The molecule has 19 aromatic rings. The minimum Gasteiger partial charge on any atom is -0.309 e. The van der Waals surface area contributed by atoms with E-state index in [9.17, 15) is 9.59 Å². The molecule has 0 fully saturated rings. The molecular formula is C90H55N7O4S. The number of benzene rings is 13. The van der Waals surface area contributed by atoms with Crippen molar-refractivity contribution in [3.8, 4) is 56.4 Å². The molecule has 0 saturated heterocycles. The maximum absolute atomic E-state index is 15.6. The number of aromatic nitrogens is 5. The normalized spacial score (nSPS) is 12.4. The van der Waals surface area contributed by atoms with Crippen LogP contribution < -0.4 is 22.2 Å². The lowest BCUT2D eigenvalue weighted by molar-refractivity contribution is 0.801. The van der Waals surface area contributed by atoms with Crippen LogP contribution in [-0.2, 0) is 0 Å². The van der Waals surface area contributed by atoms with E-state index in [2.05, 4.69) is 147 Å². The van der Waals surface area contributed by atoms with Crippen LogP contribution in [0.15, 0.2) is 345 Å². The molecule has 13 aromatic carbocycles. The van der Waals surface area contributed by atoms with Crippen LogP contribution >= 0.6 is 11.3 Å². The molecule has 0 saturated carbocycles. The van der Waals surface area contributed by atoms with Gasteiger partial charge in [0, 0.05) is 92.8 Å². The summed E-state index contributed by atoms with van der Waals surface area (Å²) in [7, 11) is 0. The highest BCUT2D eigenvalue weighted by molar-refractivity contribution is 7.25. The summed E-state index contributed by atoms with van der Waals surface area (Å²) < 4.78 is 9.32. The monoisotopic (exact) mass is 1330 g/mol. The van der Waals surface area contributed by atoms with Gasteiger partial charge in [0.25, 0.3) is 22.2 Å². The van der Waals surface area contributed by atoms with Gasteiger partial charge in [-0.25, -0.2) is 14.1 Å². The SMILES string of the molecule is O=c1c2cc3c(cc2c2ccc4c(c5ccccc5n4-c4ccccc4)c2c(=O)n1-c1ccc(-c2cc(-c4ccccc4)nc(-c4ccccc4)c2)cc1)sc1ccccc13.O=c1c2ccccc2c2cc3c(cc2c(=O)n1-c1ccccc1)c1ccccc1n3-c1ccc(C2N=CC=N2)cc1. The standard InChI is InChI=1S/C55H33N3O2S.C35H22N4O2/c59-54-45-32-44-40-20-11-13-23-50(40)61-51(44)33-43(45)41-28-29-49-52(42-21-10-12-22-48(42)57(49)38-18-8-3-9-19-38)53(41)55(60)58(54)39-26-24-34(25-27-39)37-30-46(35-14-4-1-5-15-35)56-47(31-37)36-16-6-2-7-17-36;40-34-27-12-5-4-10-25(27)28-21-32-29(20-30(28)35(41)39(34)23-8-2-1-3-9-23)26-11-6-7-13-31(26)38(32)24-16-14-22(15-17-24)33-36-18-19-37-33/h1-33H;1-21,33H. The number of aliphatic imine (C=N–C) groups is 2. The summed E-state index contributed by atoms with van der Waals surface area (Å²) in [6.45, 7) is 0. The summed E-state index contributed by atoms with van der Waals surface area (Å²) in [4.78, 5) is 72.9. The Morgan fingerprint density at radius 3 is 1.37 bits per heavy atom. The molecule has 0 radical (unpaired) electrons. The van der Waals surface area contributed by atoms with Crippen LogP contribution in [0.5, 0.6) is 0 Å². The lowest BCUT2D eigenvalue weighted by Gasteiger charge is -2.11. The third-order valence-electron chi connectivity index (χ3n) is 19.8. The summed E-state index contributed by atoms with van der Waals surface area (Å²) in [5, 5.41) is 10.8. The van der Waals surface area contributed by atoms with Gasteiger partial charge in [0.1, 0.15) is 0 Å². The molecule has 1 aliphatic heterocycles. The number of fused-ring (bicyclic) bond motifs is 16. The Morgan fingerprint density at radius 1 is 0.255 bits per heavy atom. The van der Waals surface area contributed by atoms with E-state index in [0.717, 1.165) is 136 Å². The minimum atomic E-state index is -0.361. The average Bonchev–Trinajstić information content (AvgIpc) is 1.56. The summed E-state index contributed by atoms with van der Waals surface area (Å²) in [5.41, 5.74) is 12.2. The van der Waals surface area contributed by atoms with E-state index < -0.39 is 0 Å². The molecule has 0 atom stereocenters. The van der Waals surface area contributed by atoms with Crippen LogP contribution in [0.3, 0.4) is 0 Å². The van der Waals surface area contributed by atoms with Crippen molar-refractivity contribution in [2.45, 2.75) is 6.17 Å². The van der Waals surface area contributed by atoms with Crippen LogP contribution in [0.1, 0.15) is 11.7 Å². The first-order valence-corrected chi connectivity index (χ1v) is 34.5. The Labute approximate surface area is 585 Å². The van der Waals surface area contributed by atoms with Gasteiger partial charge in [0.15, 0.2) is 6.17 Å². The van der Waals surface area contributed by atoms with Crippen LogP contribution in [0.4, 0.5) is 0 Å². The molecule has 0 spiro atoms. The molecule has 0 bridgehead atoms. The lowest BCUT2D eigenvalue weighted by Crippen LogP contribution is -2.28. The predicted molar refractivity (Wildman–Crippen MR) is 422 cm³/mol. The fraction of sp³-hybridized carbons (Fsp3) is 0.0111. The number of pyridine rings is 1. The number of para-hydroxylation sites is 4. The summed E-state index contributed by atoms with van der Waals surface area (Å²) >= 11 is 1.70. The van der Waals surface area contributed by atoms with Gasteiger partial charge in [-0.2, -0.15) is 0 Å². The molecule has 0 amide bonds. The predicted octanol–water partition coefficient (Wildman–Crippen LogP) is 20.1. The molecule has 20 rings (SSSR count). The summed E-state index contributed by atoms with van der Waals surface area (Å²) in [5.74, 6) is 0. The second-order valence-electron chi connectivity index (χ2n) is 25.6. The highest BCUT2D eigenvalue weighted by Crippen LogP contribution is 2.42. The quantitative estimate of drug-likeness (QED) is 0.150. The van der Waals surface area contributed by atoms with Crippen molar-refractivity contribution in [3.05, 3.63) is 362 Å². The van der Waals surface area contributed by atoms with Gasteiger partial charge in [-0.05, 0) is 153 Å². The van der Waals surface area contributed by atoms with Crippen molar-refractivity contribution in [1.82, 2.24) is 23.3 Å². The van der Waals surface area contributed by atoms with E-state index in [1.807, 2.05) is 170 Å². The highest BCUT2D eigenvalue weighted by Gasteiger charge is 2.24. The maximum Gasteiger partial charge on any atom is 0.266 e. The first-order chi connectivity index (χ1) is 50.3. The van der Waals surface area contributed by atoms with Crippen molar-refractivity contribution < 1.29 is 0 Å². The molecule has 1 aliphatic rings. The van der Waals surface area contributed by atoms with Gasteiger partial charge in [-0.3, -0.25) is 29.2 Å². The van der Waals surface area contributed by atoms with Gasteiger partial charge in [-0.15, -0.1) is 11.3 Å². The fourth-order valence-electron chi connectivity index (χ4n) is 15.1. The number of nitrogens with zero attached hydrogens (tertiary/aromatic N) is 7. The zero-order valence-electron chi connectivity index (χ0n) is 54.4. The lowest BCUT2D eigenvalue weighted by atomic mass is 10.00. The highest BCUT2D eigenvalue weighted by atomic mass is 32.1. The van der Waals surface area contributed by atoms with Crippen LogP contribution in [-0.4, -0.2) is 35.7 Å². The Kier molecular flexibility index (Phi) is 14.1. The number of thiophene rings is 1. The fourth-order valence-corrected chi connectivity index (χ4v) is 16.2. The zero-order valence-corrected chi connectivity index (χ0v) is 55.2. The third kappa shape index (κ3) is 9.75. The van der Waals surface area contributed by atoms with Crippen molar-refractivity contribution in [3.63, 3.8) is 0 Å². The van der Waals surface area contributed by atoms with Crippen LogP contribution in [0, 0.1) is 0 Å². The number of hydrogen-bond donors (Lipinski definition) is 0. The van der Waals surface area contributed by atoms with Crippen molar-refractivity contribution in [2.75, 3.05) is 0 Å². The molecular weight excluding hydrogens is 1280 g/mol. The van der Waals surface area contributed by atoms with Gasteiger partial charge in [-0.1, -0.05) is 200 Å².